The number of nitrogens with zero attached hydrogens (tertiary/aromatic N) is 2. The van der Waals surface area contributed by atoms with Gasteiger partial charge in [-0.15, -0.1) is 0 Å². The summed E-state index contributed by atoms with van der Waals surface area (Å²) in [5.41, 5.74) is 0.426. The Morgan fingerprint density at radius 2 is 1.96 bits per heavy atom. The van der Waals surface area contributed by atoms with E-state index in [0.29, 0.717) is 17.8 Å². The number of hydrogen-bond donors (Lipinski definition) is 1. The van der Waals surface area contributed by atoms with Crippen LogP contribution in [0.3, 0.4) is 0 Å². The Balaban J connectivity index is 1.81. The molecule has 1 aliphatic heterocycles. The van der Waals surface area contributed by atoms with Crippen LogP contribution in [-0.4, -0.2) is 27.3 Å². The summed E-state index contributed by atoms with van der Waals surface area (Å²) in [5, 5.41) is 2.72. The molecule has 0 spiro atoms. The molecule has 26 heavy (non-hydrogen) atoms. The van der Waals surface area contributed by atoms with Crippen molar-refractivity contribution in [3.05, 3.63) is 54.0 Å². The highest BCUT2D eigenvalue weighted by atomic mass is 19.1. The first-order valence-electron chi connectivity index (χ1n) is 8.06. The van der Waals surface area contributed by atoms with Gasteiger partial charge in [0.25, 0.3) is 5.79 Å². The fourth-order valence-electron chi connectivity index (χ4n) is 2.54. The number of carbonyl (C=O) groups excluding carboxylic acids is 2. The van der Waals surface area contributed by atoms with Gasteiger partial charge in [0.15, 0.2) is 5.57 Å². The van der Waals surface area contributed by atoms with Crippen molar-refractivity contribution in [2.24, 2.45) is 0 Å². The summed E-state index contributed by atoms with van der Waals surface area (Å²) in [5.74, 6) is -2.65. The van der Waals surface area contributed by atoms with Crippen molar-refractivity contribution < 1.29 is 23.5 Å². The van der Waals surface area contributed by atoms with E-state index in [9.17, 15) is 14.0 Å². The molecular formula is C18H18FN3O4. The lowest BCUT2D eigenvalue weighted by Crippen LogP contribution is -2.42. The van der Waals surface area contributed by atoms with Crippen LogP contribution in [-0.2, 0) is 25.5 Å². The van der Waals surface area contributed by atoms with Gasteiger partial charge >= 0.3 is 11.9 Å². The molecule has 0 amide bonds. The minimum Gasteiger partial charge on any atom is -0.419 e. The Kier molecular flexibility index (Phi) is 4.50. The van der Waals surface area contributed by atoms with Crippen LogP contribution in [0.1, 0.15) is 26.6 Å². The number of ether oxygens (including phenoxy) is 2. The second-order valence-electron chi connectivity index (χ2n) is 6.11. The van der Waals surface area contributed by atoms with E-state index in [0.717, 1.165) is 12.0 Å². The maximum atomic E-state index is 14.5. The van der Waals surface area contributed by atoms with Crippen LogP contribution in [0.2, 0.25) is 0 Å². The quantitative estimate of drug-likeness (QED) is 0.513. The van der Waals surface area contributed by atoms with Gasteiger partial charge in [-0.1, -0.05) is 6.92 Å². The molecule has 1 aliphatic rings. The summed E-state index contributed by atoms with van der Waals surface area (Å²) in [6.45, 7) is 4.85. The number of halogens is 1. The van der Waals surface area contributed by atoms with E-state index >= 15 is 0 Å². The number of aromatic nitrogens is 2. The Morgan fingerprint density at radius 1 is 1.27 bits per heavy atom. The normalized spacial score (nSPS) is 16.1. The molecule has 3 rings (SSSR count). The van der Waals surface area contributed by atoms with E-state index in [-0.39, 0.29) is 5.57 Å². The third-order valence-electron chi connectivity index (χ3n) is 3.74. The van der Waals surface area contributed by atoms with Crippen LogP contribution in [0.5, 0.6) is 0 Å². The number of hydrogen-bond acceptors (Lipinski definition) is 6. The van der Waals surface area contributed by atoms with E-state index in [1.807, 2.05) is 6.92 Å². The highest BCUT2D eigenvalue weighted by molar-refractivity contribution is 6.15. The summed E-state index contributed by atoms with van der Waals surface area (Å²) >= 11 is 0. The predicted molar refractivity (Wildman–Crippen MR) is 90.9 cm³/mol. The highest BCUT2D eigenvalue weighted by Gasteiger charge is 2.38. The molecular weight excluding hydrogens is 341 g/mol. The molecule has 2 aromatic rings. The van der Waals surface area contributed by atoms with Crippen molar-refractivity contribution in [1.82, 2.24) is 9.55 Å². The summed E-state index contributed by atoms with van der Waals surface area (Å²) < 4.78 is 26.1. The minimum atomic E-state index is -1.30. The van der Waals surface area contributed by atoms with E-state index in [4.69, 9.17) is 9.47 Å². The van der Waals surface area contributed by atoms with Crippen LogP contribution < -0.4 is 5.32 Å². The molecule has 8 heteroatoms. The molecule has 7 nitrogen and oxygen atoms in total. The SMILES string of the molecule is CCc1nccn1-c1ccc(NC=C2C(=O)OC(C)(C)OC2=O)cc1F. The van der Waals surface area contributed by atoms with Gasteiger partial charge in [0, 0.05) is 44.5 Å². The van der Waals surface area contributed by atoms with Gasteiger partial charge in [-0.2, -0.15) is 0 Å². The zero-order valence-corrected chi connectivity index (χ0v) is 14.6. The number of nitrogens with one attached hydrogen (secondary N) is 1. The summed E-state index contributed by atoms with van der Waals surface area (Å²) in [4.78, 5) is 27.9. The average molecular weight is 359 g/mol. The zero-order valence-electron chi connectivity index (χ0n) is 14.6. The van der Waals surface area contributed by atoms with Crippen LogP contribution in [0, 0.1) is 5.82 Å². The monoisotopic (exact) mass is 359 g/mol. The fourth-order valence-corrected chi connectivity index (χ4v) is 2.54. The van der Waals surface area contributed by atoms with Crippen molar-refractivity contribution >= 4 is 17.6 Å². The Bertz CT molecular complexity index is 880. The first-order chi connectivity index (χ1) is 12.3. The molecule has 136 valence electrons. The molecule has 1 aromatic carbocycles. The summed E-state index contributed by atoms with van der Waals surface area (Å²) in [7, 11) is 0. The Morgan fingerprint density at radius 3 is 2.58 bits per heavy atom. The lowest BCUT2D eigenvalue weighted by Gasteiger charge is -2.29. The van der Waals surface area contributed by atoms with Crippen molar-refractivity contribution in [2.45, 2.75) is 33.0 Å². The molecule has 0 atom stereocenters. The number of aryl methyl sites for hydroxylation is 1. The standard InChI is InChI=1S/C18H18FN3O4/c1-4-15-20-7-8-22(15)14-6-5-11(9-13(14)19)21-10-12-16(23)25-18(2,3)26-17(12)24/h5-10,21H,4H2,1-3H3. The smallest absolute Gasteiger partial charge is 0.350 e. The summed E-state index contributed by atoms with van der Waals surface area (Å²) in [6, 6.07) is 4.46. The topological polar surface area (TPSA) is 82.5 Å². The summed E-state index contributed by atoms with van der Waals surface area (Å²) in [6.07, 6.45) is 5.10. The van der Waals surface area contributed by atoms with Crippen molar-refractivity contribution in [2.75, 3.05) is 5.32 Å². The van der Waals surface area contributed by atoms with Gasteiger partial charge in [-0.05, 0) is 18.2 Å². The molecule has 0 bridgehead atoms. The van der Waals surface area contributed by atoms with E-state index in [1.54, 1.807) is 29.1 Å². The first kappa shape index (κ1) is 17.7. The molecule has 2 heterocycles. The molecule has 0 unspecified atom stereocenters. The molecule has 1 fully saturated rings. The number of rotatable bonds is 4. The highest BCUT2D eigenvalue weighted by Crippen LogP contribution is 2.24. The lowest BCUT2D eigenvalue weighted by atomic mass is 10.2. The van der Waals surface area contributed by atoms with Crippen molar-refractivity contribution in [3.63, 3.8) is 0 Å². The maximum absolute atomic E-state index is 14.5. The van der Waals surface area contributed by atoms with E-state index < -0.39 is 23.5 Å². The van der Waals surface area contributed by atoms with Crippen LogP contribution in [0.25, 0.3) is 5.69 Å². The predicted octanol–water partition coefficient (Wildman–Crippen LogP) is 2.71. The minimum absolute atomic E-state index is 0.295. The molecule has 0 radical (unpaired) electrons. The van der Waals surface area contributed by atoms with Gasteiger partial charge in [-0.25, -0.2) is 19.0 Å². The second kappa shape index (κ2) is 6.62. The van der Waals surface area contributed by atoms with Gasteiger partial charge in [0.05, 0.1) is 5.69 Å². The molecule has 0 saturated carbocycles. The number of esters is 2. The van der Waals surface area contributed by atoms with Gasteiger partial charge in [0.2, 0.25) is 0 Å². The fraction of sp³-hybridized carbons (Fsp3) is 0.278. The average Bonchev–Trinajstić information content (AvgIpc) is 3.01. The number of imidazole rings is 1. The number of carbonyl (C=O) groups is 2. The molecule has 1 aromatic heterocycles. The van der Waals surface area contributed by atoms with Crippen molar-refractivity contribution in [3.8, 4) is 5.69 Å². The van der Waals surface area contributed by atoms with Gasteiger partial charge in [0.1, 0.15) is 11.6 Å². The van der Waals surface area contributed by atoms with Gasteiger partial charge < -0.3 is 19.4 Å². The number of cyclic esters (lactones) is 2. The number of anilines is 1. The number of benzene rings is 1. The first-order valence-corrected chi connectivity index (χ1v) is 8.06. The largest absolute Gasteiger partial charge is 0.419 e. The Hall–Kier alpha value is -3.16. The van der Waals surface area contributed by atoms with Crippen LogP contribution in [0.15, 0.2) is 42.4 Å². The lowest BCUT2D eigenvalue weighted by molar-refractivity contribution is -0.222. The van der Waals surface area contributed by atoms with Crippen LogP contribution >= 0.6 is 0 Å². The van der Waals surface area contributed by atoms with E-state index in [2.05, 4.69) is 10.3 Å². The zero-order chi connectivity index (χ0) is 18.9. The Labute approximate surface area is 149 Å². The van der Waals surface area contributed by atoms with Crippen LogP contribution in [0.4, 0.5) is 10.1 Å². The second-order valence-corrected chi connectivity index (χ2v) is 6.11. The molecule has 0 aliphatic carbocycles. The van der Waals surface area contributed by atoms with E-state index in [1.165, 1.54) is 19.9 Å². The third-order valence-corrected chi connectivity index (χ3v) is 3.74. The maximum Gasteiger partial charge on any atom is 0.350 e. The third kappa shape index (κ3) is 3.44. The van der Waals surface area contributed by atoms with Gasteiger partial charge in [-0.3, -0.25) is 0 Å². The van der Waals surface area contributed by atoms with Crippen molar-refractivity contribution in [1.29, 1.82) is 0 Å². The molecule has 1 N–H and O–H groups in total. The molecule has 1 saturated heterocycles.